The fourth-order valence-electron chi connectivity index (χ4n) is 1.73. The SMILES string of the molecule is CCc1ccccc1NC(=O)c1c[nH]ccc1=O. The second-order valence-electron chi connectivity index (χ2n) is 3.89. The van der Waals surface area contributed by atoms with Crippen molar-refractivity contribution in [2.24, 2.45) is 0 Å². The fraction of sp³-hybridized carbons (Fsp3) is 0.143. The molecular formula is C14H14N2O2. The van der Waals surface area contributed by atoms with Crippen molar-refractivity contribution in [1.82, 2.24) is 4.98 Å². The Morgan fingerprint density at radius 1 is 1.28 bits per heavy atom. The molecule has 2 rings (SSSR count). The number of hydrogen-bond acceptors (Lipinski definition) is 2. The summed E-state index contributed by atoms with van der Waals surface area (Å²) in [6.45, 7) is 2.01. The maximum absolute atomic E-state index is 12.0. The number of carbonyl (C=O) groups excluding carboxylic acids is 1. The van der Waals surface area contributed by atoms with Gasteiger partial charge in [-0.05, 0) is 18.1 Å². The van der Waals surface area contributed by atoms with Crippen LogP contribution in [0, 0.1) is 0 Å². The van der Waals surface area contributed by atoms with Gasteiger partial charge in [0.25, 0.3) is 5.91 Å². The van der Waals surface area contributed by atoms with E-state index in [2.05, 4.69) is 10.3 Å². The summed E-state index contributed by atoms with van der Waals surface area (Å²) in [6, 6.07) is 8.88. The zero-order valence-corrected chi connectivity index (χ0v) is 10.1. The molecule has 0 saturated carbocycles. The van der Waals surface area contributed by atoms with Crippen LogP contribution in [-0.4, -0.2) is 10.9 Å². The topological polar surface area (TPSA) is 62.0 Å². The molecule has 1 heterocycles. The first-order valence-electron chi connectivity index (χ1n) is 5.78. The average molecular weight is 242 g/mol. The van der Waals surface area contributed by atoms with Gasteiger partial charge in [-0.2, -0.15) is 0 Å². The number of carbonyl (C=O) groups is 1. The first kappa shape index (κ1) is 12.1. The lowest BCUT2D eigenvalue weighted by atomic mass is 10.1. The van der Waals surface area contributed by atoms with Crippen molar-refractivity contribution in [1.29, 1.82) is 0 Å². The Balaban J connectivity index is 2.27. The summed E-state index contributed by atoms with van der Waals surface area (Å²) in [7, 11) is 0. The molecule has 1 aromatic carbocycles. The molecule has 18 heavy (non-hydrogen) atoms. The smallest absolute Gasteiger partial charge is 0.261 e. The van der Waals surface area contributed by atoms with Gasteiger partial charge in [0.1, 0.15) is 5.56 Å². The predicted molar refractivity (Wildman–Crippen MR) is 70.8 cm³/mol. The number of anilines is 1. The lowest BCUT2D eigenvalue weighted by Crippen LogP contribution is -2.21. The lowest BCUT2D eigenvalue weighted by Gasteiger charge is -2.08. The standard InChI is InChI=1S/C14H14N2O2/c1-2-10-5-3-4-6-12(10)16-14(18)11-9-15-8-7-13(11)17/h3-9H,2H2,1H3,(H,15,17)(H,16,18). The van der Waals surface area contributed by atoms with Crippen LogP contribution in [0.15, 0.2) is 47.5 Å². The van der Waals surface area contributed by atoms with Crippen molar-refractivity contribution < 1.29 is 4.79 Å². The minimum atomic E-state index is -0.391. The van der Waals surface area contributed by atoms with E-state index in [4.69, 9.17) is 0 Å². The number of para-hydroxylation sites is 1. The second-order valence-corrected chi connectivity index (χ2v) is 3.89. The Morgan fingerprint density at radius 2 is 2.06 bits per heavy atom. The molecule has 92 valence electrons. The van der Waals surface area contributed by atoms with Gasteiger partial charge in [-0.3, -0.25) is 9.59 Å². The molecule has 0 aliphatic heterocycles. The Morgan fingerprint density at radius 3 is 2.78 bits per heavy atom. The Bertz CT molecular complexity index is 617. The molecule has 0 fully saturated rings. The van der Waals surface area contributed by atoms with Crippen molar-refractivity contribution in [2.45, 2.75) is 13.3 Å². The van der Waals surface area contributed by atoms with Gasteiger partial charge in [0.05, 0.1) is 0 Å². The number of pyridine rings is 1. The van der Waals surface area contributed by atoms with Crippen LogP contribution in [0.4, 0.5) is 5.69 Å². The average Bonchev–Trinajstić information content (AvgIpc) is 2.39. The molecule has 0 atom stereocenters. The van der Waals surface area contributed by atoms with Gasteiger partial charge in [-0.15, -0.1) is 0 Å². The van der Waals surface area contributed by atoms with Gasteiger partial charge >= 0.3 is 0 Å². The molecule has 4 nitrogen and oxygen atoms in total. The minimum Gasteiger partial charge on any atom is -0.367 e. The maximum Gasteiger partial charge on any atom is 0.261 e. The molecule has 2 N–H and O–H groups in total. The molecule has 0 radical (unpaired) electrons. The van der Waals surface area contributed by atoms with Crippen LogP contribution in [0.25, 0.3) is 0 Å². The number of aromatic amines is 1. The fourth-order valence-corrected chi connectivity index (χ4v) is 1.73. The molecule has 0 unspecified atom stereocenters. The molecule has 1 aromatic heterocycles. The summed E-state index contributed by atoms with van der Waals surface area (Å²) in [6.07, 6.45) is 3.73. The summed E-state index contributed by atoms with van der Waals surface area (Å²) in [5, 5.41) is 2.76. The van der Waals surface area contributed by atoms with Crippen LogP contribution in [0.5, 0.6) is 0 Å². The molecule has 0 spiro atoms. The summed E-state index contributed by atoms with van der Waals surface area (Å²) in [4.78, 5) is 26.2. The van der Waals surface area contributed by atoms with Gasteiger partial charge in [-0.25, -0.2) is 0 Å². The van der Waals surface area contributed by atoms with Crippen molar-refractivity contribution in [3.63, 3.8) is 0 Å². The van der Waals surface area contributed by atoms with E-state index in [1.807, 2.05) is 31.2 Å². The molecule has 0 saturated heterocycles. The lowest BCUT2D eigenvalue weighted by molar-refractivity contribution is 0.102. The summed E-state index contributed by atoms with van der Waals surface area (Å²) >= 11 is 0. The van der Waals surface area contributed by atoms with Crippen molar-refractivity contribution >= 4 is 11.6 Å². The summed E-state index contributed by atoms with van der Waals surface area (Å²) in [5.74, 6) is -0.391. The minimum absolute atomic E-state index is 0.114. The van der Waals surface area contributed by atoms with E-state index in [1.54, 1.807) is 0 Å². The molecule has 0 aliphatic carbocycles. The number of nitrogens with one attached hydrogen (secondary N) is 2. The zero-order chi connectivity index (χ0) is 13.0. The molecule has 2 aromatic rings. The highest BCUT2D eigenvalue weighted by Gasteiger charge is 2.10. The quantitative estimate of drug-likeness (QED) is 0.866. The van der Waals surface area contributed by atoms with Crippen LogP contribution in [0.2, 0.25) is 0 Å². The highest BCUT2D eigenvalue weighted by atomic mass is 16.2. The highest BCUT2D eigenvalue weighted by molar-refractivity contribution is 6.04. The van der Waals surface area contributed by atoms with Crippen LogP contribution in [0.3, 0.4) is 0 Å². The normalized spacial score (nSPS) is 10.1. The second kappa shape index (κ2) is 5.31. The van der Waals surface area contributed by atoms with E-state index in [0.717, 1.165) is 17.7 Å². The highest BCUT2D eigenvalue weighted by Crippen LogP contribution is 2.15. The third kappa shape index (κ3) is 2.48. The predicted octanol–water partition coefficient (Wildman–Crippen LogP) is 2.19. The monoisotopic (exact) mass is 242 g/mol. The van der Waals surface area contributed by atoms with Gasteiger partial charge in [0.15, 0.2) is 5.43 Å². The van der Waals surface area contributed by atoms with Crippen LogP contribution in [0.1, 0.15) is 22.8 Å². The van der Waals surface area contributed by atoms with Gasteiger partial charge in [-0.1, -0.05) is 25.1 Å². The molecular weight excluding hydrogens is 228 g/mol. The molecule has 0 aliphatic rings. The Labute approximate surface area is 105 Å². The van der Waals surface area contributed by atoms with Crippen molar-refractivity contribution in [2.75, 3.05) is 5.32 Å². The van der Waals surface area contributed by atoms with Gasteiger partial charge in [0, 0.05) is 24.1 Å². The maximum atomic E-state index is 12.0. The third-order valence-electron chi connectivity index (χ3n) is 2.72. The van der Waals surface area contributed by atoms with E-state index in [-0.39, 0.29) is 11.0 Å². The number of aromatic nitrogens is 1. The largest absolute Gasteiger partial charge is 0.367 e. The molecule has 1 amide bonds. The van der Waals surface area contributed by atoms with Crippen LogP contribution < -0.4 is 10.7 Å². The Hall–Kier alpha value is -2.36. The van der Waals surface area contributed by atoms with E-state index in [9.17, 15) is 9.59 Å². The van der Waals surface area contributed by atoms with E-state index < -0.39 is 5.91 Å². The third-order valence-corrected chi connectivity index (χ3v) is 2.72. The van der Waals surface area contributed by atoms with Crippen molar-refractivity contribution in [3.05, 3.63) is 64.1 Å². The van der Waals surface area contributed by atoms with Crippen molar-refractivity contribution in [3.8, 4) is 0 Å². The number of benzene rings is 1. The molecule has 4 heteroatoms. The number of hydrogen-bond donors (Lipinski definition) is 2. The number of H-pyrrole nitrogens is 1. The van der Waals surface area contributed by atoms with E-state index >= 15 is 0 Å². The Kier molecular flexibility index (Phi) is 3.57. The number of rotatable bonds is 3. The number of aryl methyl sites for hydroxylation is 1. The van der Waals surface area contributed by atoms with Crippen LogP contribution >= 0.6 is 0 Å². The molecule has 0 bridgehead atoms. The number of amides is 1. The first-order valence-corrected chi connectivity index (χ1v) is 5.78. The summed E-state index contributed by atoms with van der Waals surface area (Å²) < 4.78 is 0. The zero-order valence-electron chi connectivity index (χ0n) is 10.1. The van der Waals surface area contributed by atoms with E-state index in [1.165, 1.54) is 18.5 Å². The summed E-state index contributed by atoms with van der Waals surface area (Å²) in [5.41, 5.74) is 1.61. The van der Waals surface area contributed by atoms with E-state index in [0.29, 0.717) is 0 Å². The van der Waals surface area contributed by atoms with Crippen LogP contribution in [-0.2, 0) is 6.42 Å². The van der Waals surface area contributed by atoms with Gasteiger partial charge < -0.3 is 10.3 Å². The first-order chi connectivity index (χ1) is 8.72. The van der Waals surface area contributed by atoms with Gasteiger partial charge in [0.2, 0.25) is 0 Å².